The van der Waals surface area contributed by atoms with Crippen LogP contribution in [0.2, 0.25) is 0 Å². The van der Waals surface area contributed by atoms with E-state index in [1.807, 2.05) is 31.5 Å². The highest BCUT2D eigenvalue weighted by Crippen LogP contribution is 2.27. The number of carbonyl (C=O) groups excluding carboxylic acids is 1. The molecule has 0 radical (unpaired) electrons. The minimum absolute atomic E-state index is 0.0411. The zero-order chi connectivity index (χ0) is 20.1. The summed E-state index contributed by atoms with van der Waals surface area (Å²) < 4.78 is 5.80. The summed E-state index contributed by atoms with van der Waals surface area (Å²) in [4.78, 5) is 22.2. The number of piperidine rings is 1. The van der Waals surface area contributed by atoms with Crippen molar-refractivity contribution in [2.24, 2.45) is 5.92 Å². The predicted octanol–water partition coefficient (Wildman–Crippen LogP) is 2.98. The van der Waals surface area contributed by atoms with Crippen LogP contribution < -0.4 is 5.32 Å². The number of nitrogens with one attached hydrogen (secondary N) is 1. The zero-order valence-corrected chi connectivity index (χ0v) is 17.3. The van der Waals surface area contributed by atoms with Crippen molar-refractivity contribution < 1.29 is 9.21 Å². The fraction of sp³-hybridized carbons (Fsp3) is 0.565. The van der Waals surface area contributed by atoms with Gasteiger partial charge in [0.15, 0.2) is 0 Å². The van der Waals surface area contributed by atoms with Crippen molar-refractivity contribution in [1.29, 1.82) is 0 Å². The summed E-state index contributed by atoms with van der Waals surface area (Å²) in [6, 6.07) is 8.42. The second kappa shape index (κ2) is 9.55. The summed E-state index contributed by atoms with van der Waals surface area (Å²) in [5, 5.41) is 3.19. The van der Waals surface area contributed by atoms with Crippen LogP contribution in [-0.2, 0) is 17.9 Å². The summed E-state index contributed by atoms with van der Waals surface area (Å²) >= 11 is 0. The lowest BCUT2D eigenvalue weighted by Crippen LogP contribution is -2.56. The number of hydrogen-bond acceptors (Lipinski definition) is 5. The molecule has 0 spiro atoms. The zero-order valence-electron chi connectivity index (χ0n) is 17.3. The quantitative estimate of drug-likeness (QED) is 0.861. The third kappa shape index (κ3) is 5.25. The van der Waals surface area contributed by atoms with Crippen molar-refractivity contribution in [3.63, 3.8) is 0 Å². The van der Waals surface area contributed by atoms with E-state index in [0.717, 1.165) is 76.5 Å². The molecular formula is C23H32N4O2. The van der Waals surface area contributed by atoms with Gasteiger partial charge in [-0.1, -0.05) is 12.5 Å². The maximum Gasteiger partial charge on any atom is 0.224 e. The van der Waals surface area contributed by atoms with Gasteiger partial charge in [-0.3, -0.25) is 19.6 Å². The molecule has 6 nitrogen and oxygen atoms in total. The minimum Gasteiger partial charge on any atom is -0.465 e. The molecular weight excluding hydrogens is 364 g/mol. The number of furan rings is 1. The van der Waals surface area contributed by atoms with Crippen LogP contribution in [0.5, 0.6) is 0 Å². The maximum absolute atomic E-state index is 12.9. The number of hydrogen-bond donors (Lipinski definition) is 1. The summed E-state index contributed by atoms with van der Waals surface area (Å²) in [6.45, 7) is 7.27. The Morgan fingerprint density at radius 1 is 1.17 bits per heavy atom. The van der Waals surface area contributed by atoms with Crippen molar-refractivity contribution in [1.82, 2.24) is 20.1 Å². The normalized spacial score (nSPS) is 24.7. The van der Waals surface area contributed by atoms with Crippen LogP contribution in [0.3, 0.4) is 0 Å². The van der Waals surface area contributed by atoms with Gasteiger partial charge < -0.3 is 9.73 Å². The van der Waals surface area contributed by atoms with Gasteiger partial charge in [-0.2, -0.15) is 0 Å². The molecule has 2 aliphatic rings. The van der Waals surface area contributed by atoms with Gasteiger partial charge in [0.25, 0.3) is 0 Å². The fourth-order valence-electron chi connectivity index (χ4n) is 4.65. The van der Waals surface area contributed by atoms with Crippen LogP contribution in [-0.4, -0.2) is 52.9 Å². The third-order valence-corrected chi connectivity index (χ3v) is 6.18. The van der Waals surface area contributed by atoms with Crippen LogP contribution in [0, 0.1) is 12.8 Å². The average Bonchev–Trinajstić information content (AvgIpc) is 3.14. The van der Waals surface area contributed by atoms with Crippen LogP contribution in [0.25, 0.3) is 0 Å². The molecule has 156 valence electrons. The van der Waals surface area contributed by atoms with E-state index in [1.54, 1.807) is 0 Å². The standard InChI is InChI=1S/C23H32N4O2/c1-18-7-8-20(29-18)16-26-13-9-21-22(17-26)27(15-19-6-5-10-24-14-19)12-4-2-3-11-25-23(21)28/h5-8,10,14,21-22H,2-4,9,11-13,15-17H2,1H3,(H,25,28)/t21-,22-/m1/s1. The number of amides is 1. The molecule has 29 heavy (non-hydrogen) atoms. The first-order valence-corrected chi connectivity index (χ1v) is 10.9. The van der Waals surface area contributed by atoms with Gasteiger partial charge in [0, 0.05) is 38.1 Å². The number of aryl methyl sites for hydroxylation is 1. The van der Waals surface area contributed by atoms with Gasteiger partial charge >= 0.3 is 0 Å². The Hall–Kier alpha value is -2.18. The number of rotatable bonds is 4. The van der Waals surface area contributed by atoms with Crippen molar-refractivity contribution >= 4 is 5.91 Å². The smallest absolute Gasteiger partial charge is 0.224 e. The van der Waals surface area contributed by atoms with E-state index in [-0.39, 0.29) is 17.9 Å². The summed E-state index contributed by atoms with van der Waals surface area (Å²) in [5.41, 5.74) is 1.21. The molecule has 0 bridgehead atoms. The number of fused-ring (bicyclic) bond motifs is 1. The van der Waals surface area contributed by atoms with Gasteiger partial charge in [-0.25, -0.2) is 0 Å². The van der Waals surface area contributed by atoms with Crippen molar-refractivity contribution in [3.05, 3.63) is 53.7 Å². The highest BCUT2D eigenvalue weighted by molar-refractivity contribution is 5.79. The van der Waals surface area contributed by atoms with Crippen molar-refractivity contribution in [3.8, 4) is 0 Å². The molecule has 4 rings (SSSR count). The minimum atomic E-state index is 0.0411. The Morgan fingerprint density at radius 2 is 2.10 bits per heavy atom. The Morgan fingerprint density at radius 3 is 2.90 bits per heavy atom. The number of nitrogens with zero attached hydrogens (tertiary/aromatic N) is 3. The molecule has 2 aromatic rings. The predicted molar refractivity (Wildman–Crippen MR) is 112 cm³/mol. The van der Waals surface area contributed by atoms with E-state index in [2.05, 4.69) is 32.2 Å². The molecule has 2 saturated heterocycles. The Kier molecular flexibility index (Phi) is 6.62. The number of carbonyl (C=O) groups is 1. The first kappa shape index (κ1) is 20.1. The summed E-state index contributed by atoms with van der Waals surface area (Å²) in [5.74, 6) is 2.22. The lowest BCUT2D eigenvalue weighted by atomic mass is 9.88. The fourth-order valence-corrected chi connectivity index (χ4v) is 4.65. The summed E-state index contributed by atoms with van der Waals surface area (Å²) in [7, 11) is 0. The first-order chi connectivity index (χ1) is 14.2. The first-order valence-electron chi connectivity index (χ1n) is 10.9. The van der Waals surface area contributed by atoms with E-state index < -0.39 is 0 Å². The molecule has 6 heteroatoms. The van der Waals surface area contributed by atoms with Crippen molar-refractivity contribution in [2.45, 2.75) is 51.7 Å². The SMILES string of the molecule is Cc1ccc(CN2CC[C@H]3C(=O)NCCCCCN(Cc4cccnc4)[C@@H]3C2)o1. The second-order valence-electron chi connectivity index (χ2n) is 8.39. The van der Waals surface area contributed by atoms with Gasteiger partial charge in [0.1, 0.15) is 11.5 Å². The second-order valence-corrected chi connectivity index (χ2v) is 8.39. The molecule has 2 atom stereocenters. The molecule has 2 aliphatic heterocycles. The maximum atomic E-state index is 12.9. The van der Waals surface area contributed by atoms with Gasteiger partial charge in [-0.05, 0) is 63.0 Å². The van der Waals surface area contributed by atoms with Gasteiger partial charge in [0.2, 0.25) is 5.91 Å². The van der Waals surface area contributed by atoms with Gasteiger partial charge in [-0.15, -0.1) is 0 Å². The molecule has 4 heterocycles. The van der Waals surface area contributed by atoms with E-state index in [4.69, 9.17) is 4.42 Å². The highest BCUT2D eigenvalue weighted by atomic mass is 16.3. The van der Waals surface area contributed by atoms with E-state index >= 15 is 0 Å². The average molecular weight is 397 g/mol. The number of aromatic nitrogens is 1. The Bertz CT molecular complexity index is 791. The Balaban J connectivity index is 1.53. The van der Waals surface area contributed by atoms with Crippen LogP contribution in [0.15, 0.2) is 41.1 Å². The van der Waals surface area contributed by atoms with Crippen LogP contribution in [0.4, 0.5) is 0 Å². The lowest BCUT2D eigenvalue weighted by Gasteiger charge is -2.44. The molecule has 0 saturated carbocycles. The van der Waals surface area contributed by atoms with Crippen molar-refractivity contribution in [2.75, 3.05) is 26.2 Å². The van der Waals surface area contributed by atoms with Gasteiger partial charge in [0.05, 0.1) is 12.5 Å². The topological polar surface area (TPSA) is 61.6 Å². The highest BCUT2D eigenvalue weighted by Gasteiger charge is 2.38. The van der Waals surface area contributed by atoms with Crippen LogP contribution >= 0.6 is 0 Å². The number of likely N-dealkylation sites (tertiary alicyclic amines) is 1. The Labute approximate surface area is 173 Å². The van der Waals surface area contributed by atoms with Crippen LogP contribution in [0.1, 0.15) is 42.8 Å². The third-order valence-electron chi connectivity index (χ3n) is 6.18. The molecule has 2 fully saturated rings. The van der Waals surface area contributed by atoms with E-state index in [9.17, 15) is 4.79 Å². The summed E-state index contributed by atoms with van der Waals surface area (Å²) in [6.07, 6.45) is 8.02. The van der Waals surface area contributed by atoms with E-state index in [1.165, 1.54) is 5.56 Å². The molecule has 0 unspecified atom stereocenters. The van der Waals surface area contributed by atoms with E-state index in [0.29, 0.717) is 0 Å². The largest absolute Gasteiger partial charge is 0.465 e. The number of pyridine rings is 1. The lowest BCUT2D eigenvalue weighted by molar-refractivity contribution is -0.130. The molecule has 1 N–H and O–H groups in total. The molecule has 0 aliphatic carbocycles. The molecule has 0 aromatic carbocycles. The molecule has 2 aromatic heterocycles. The monoisotopic (exact) mass is 396 g/mol. The molecule has 1 amide bonds.